The Balaban J connectivity index is 2.00. The van der Waals surface area contributed by atoms with Crippen LogP contribution in [0.5, 0.6) is 5.75 Å². The Kier molecular flexibility index (Phi) is 5.78. The van der Waals surface area contributed by atoms with Crippen LogP contribution < -0.4 is 10.1 Å². The van der Waals surface area contributed by atoms with Crippen molar-refractivity contribution in [3.63, 3.8) is 0 Å². The van der Waals surface area contributed by atoms with Gasteiger partial charge in [0.1, 0.15) is 5.75 Å². The molecule has 0 aliphatic rings. The SMILES string of the molecule is COCc1cccc(CN[C@H](C)c2ccccc2OC)c1. The maximum absolute atomic E-state index is 5.41. The average Bonchev–Trinajstić information content (AvgIpc) is 2.53. The van der Waals surface area contributed by atoms with Gasteiger partial charge in [-0.25, -0.2) is 0 Å². The molecule has 0 spiro atoms. The van der Waals surface area contributed by atoms with E-state index in [1.165, 1.54) is 16.7 Å². The topological polar surface area (TPSA) is 30.5 Å². The number of methoxy groups -OCH3 is 2. The number of hydrogen-bond donors (Lipinski definition) is 1. The maximum atomic E-state index is 5.41. The van der Waals surface area contributed by atoms with Gasteiger partial charge in [-0.1, -0.05) is 42.5 Å². The quantitative estimate of drug-likeness (QED) is 0.841. The summed E-state index contributed by atoms with van der Waals surface area (Å²) in [7, 11) is 3.43. The smallest absolute Gasteiger partial charge is 0.123 e. The van der Waals surface area contributed by atoms with Gasteiger partial charge in [0.15, 0.2) is 0 Å². The van der Waals surface area contributed by atoms with Crippen molar-refractivity contribution in [3.05, 3.63) is 65.2 Å². The van der Waals surface area contributed by atoms with Gasteiger partial charge in [-0.3, -0.25) is 0 Å². The third-order valence-corrected chi connectivity index (χ3v) is 3.52. The number of rotatable bonds is 7. The van der Waals surface area contributed by atoms with Gasteiger partial charge in [0.05, 0.1) is 13.7 Å². The molecule has 0 aliphatic carbocycles. The Morgan fingerprint density at radius 3 is 2.52 bits per heavy atom. The second-order valence-electron chi connectivity index (χ2n) is 5.10. The second-order valence-corrected chi connectivity index (χ2v) is 5.10. The van der Waals surface area contributed by atoms with Crippen LogP contribution in [0.3, 0.4) is 0 Å². The molecule has 2 aromatic carbocycles. The summed E-state index contributed by atoms with van der Waals surface area (Å²) in [6.45, 7) is 3.61. The molecule has 3 nitrogen and oxygen atoms in total. The highest BCUT2D eigenvalue weighted by Crippen LogP contribution is 2.24. The molecule has 0 fully saturated rings. The molecule has 0 amide bonds. The zero-order chi connectivity index (χ0) is 15.1. The highest BCUT2D eigenvalue weighted by Gasteiger charge is 2.10. The molecule has 0 saturated heterocycles. The monoisotopic (exact) mass is 285 g/mol. The van der Waals surface area contributed by atoms with E-state index in [0.29, 0.717) is 6.61 Å². The van der Waals surface area contributed by atoms with E-state index < -0.39 is 0 Å². The van der Waals surface area contributed by atoms with Gasteiger partial charge in [0.2, 0.25) is 0 Å². The Morgan fingerprint density at radius 2 is 1.76 bits per heavy atom. The summed E-state index contributed by atoms with van der Waals surface area (Å²) >= 11 is 0. The Labute approximate surface area is 126 Å². The van der Waals surface area contributed by atoms with Crippen molar-refractivity contribution >= 4 is 0 Å². The number of hydrogen-bond acceptors (Lipinski definition) is 3. The second kappa shape index (κ2) is 7.81. The van der Waals surface area contributed by atoms with Crippen LogP contribution in [0.1, 0.15) is 29.7 Å². The fourth-order valence-corrected chi connectivity index (χ4v) is 2.40. The van der Waals surface area contributed by atoms with Crippen LogP contribution in [0.15, 0.2) is 48.5 Å². The Hall–Kier alpha value is -1.84. The van der Waals surface area contributed by atoms with Crippen LogP contribution in [0.25, 0.3) is 0 Å². The van der Waals surface area contributed by atoms with Gasteiger partial charge in [-0.15, -0.1) is 0 Å². The van der Waals surface area contributed by atoms with Crippen molar-refractivity contribution in [1.29, 1.82) is 0 Å². The summed E-state index contributed by atoms with van der Waals surface area (Å²) in [4.78, 5) is 0. The summed E-state index contributed by atoms with van der Waals surface area (Å²) in [6.07, 6.45) is 0. The molecule has 3 heteroatoms. The summed E-state index contributed by atoms with van der Waals surface area (Å²) in [5.74, 6) is 0.922. The van der Waals surface area contributed by atoms with Gasteiger partial charge >= 0.3 is 0 Å². The lowest BCUT2D eigenvalue weighted by Crippen LogP contribution is -2.18. The molecule has 0 heterocycles. The minimum absolute atomic E-state index is 0.229. The predicted molar refractivity (Wildman–Crippen MR) is 85.4 cm³/mol. The molecule has 0 bridgehead atoms. The molecule has 0 unspecified atom stereocenters. The summed E-state index contributed by atoms with van der Waals surface area (Å²) < 4.78 is 10.6. The van der Waals surface area contributed by atoms with E-state index in [9.17, 15) is 0 Å². The molecule has 2 aromatic rings. The van der Waals surface area contributed by atoms with E-state index in [1.807, 2.05) is 18.2 Å². The van der Waals surface area contributed by atoms with E-state index >= 15 is 0 Å². The zero-order valence-electron chi connectivity index (χ0n) is 12.9. The van der Waals surface area contributed by atoms with E-state index in [1.54, 1.807) is 14.2 Å². The molecule has 112 valence electrons. The molecule has 0 aromatic heterocycles. The standard InChI is InChI=1S/C18H23NO2/c1-14(17-9-4-5-10-18(17)21-3)19-12-15-7-6-8-16(11-15)13-20-2/h4-11,14,19H,12-13H2,1-3H3/t14-/m1/s1. The van der Waals surface area contributed by atoms with Gasteiger partial charge in [0, 0.05) is 25.3 Å². The van der Waals surface area contributed by atoms with Crippen LogP contribution in [0.2, 0.25) is 0 Å². The van der Waals surface area contributed by atoms with Gasteiger partial charge in [-0.05, 0) is 24.1 Å². The predicted octanol–water partition coefficient (Wildman–Crippen LogP) is 3.69. The lowest BCUT2D eigenvalue weighted by atomic mass is 10.1. The first-order valence-electron chi connectivity index (χ1n) is 7.17. The molecule has 0 aliphatic heterocycles. The van der Waals surface area contributed by atoms with Crippen molar-refractivity contribution in [2.75, 3.05) is 14.2 Å². The van der Waals surface area contributed by atoms with Gasteiger partial charge in [-0.2, -0.15) is 0 Å². The fraction of sp³-hybridized carbons (Fsp3) is 0.333. The first-order chi connectivity index (χ1) is 10.2. The summed E-state index contributed by atoms with van der Waals surface area (Å²) in [6, 6.07) is 16.8. The minimum atomic E-state index is 0.229. The number of para-hydroxylation sites is 1. The fourth-order valence-electron chi connectivity index (χ4n) is 2.40. The lowest BCUT2D eigenvalue weighted by Gasteiger charge is -2.17. The van der Waals surface area contributed by atoms with E-state index in [4.69, 9.17) is 9.47 Å². The molecular formula is C18H23NO2. The van der Waals surface area contributed by atoms with Gasteiger partial charge < -0.3 is 14.8 Å². The highest BCUT2D eigenvalue weighted by atomic mass is 16.5. The number of ether oxygens (including phenoxy) is 2. The number of nitrogens with one attached hydrogen (secondary N) is 1. The zero-order valence-corrected chi connectivity index (χ0v) is 12.9. The molecule has 0 saturated carbocycles. The lowest BCUT2D eigenvalue weighted by molar-refractivity contribution is 0.185. The summed E-state index contributed by atoms with van der Waals surface area (Å²) in [5.41, 5.74) is 3.63. The molecule has 1 atom stereocenters. The highest BCUT2D eigenvalue weighted by molar-refractivity contribution is 5.35. The largest absolute Gasteiger partial charge is 0.496 e. The van der Waals surface area contributed by atoms with Crippen LogP contribution in [-0.4, -0.2) is 14.2 Å². The first kappa shape index (κ1) is 15.5. The van der Waals surface area contributed by atoms with Crippen molar-refractivity contribution in [2.45, 2.75) is 26.1 Å². The normalized spacial score (nSPS) is 12.1. The van der Waals surface area contributed by atoms with Crippen molar-refractivity contribution in [2.24, 2.45) is 0 Å². The first-order valence-corrected chi connectivity index (χ1v) is 7.17. The van der Waals surface area contributed by atoms with Crippen molar-refractivity contribution in [1.82, 2.24) is 5.32 Å². The number of benzene rings is 2. The molecular weight excluding hydrogens is 262 g/mol. The van der Waals surface area contributed by atoms with Crippen LogP contribution >= 0.6 is 0 Å². The van der Waals surface area contributed by atoms with Crippen LogP contribution in [-0.2, 0) is 17.9 Å². The maximum Gasteiger partial charge on any atom is 0.123 e. The van der Waals surface area contributed by atoms with E-state index in [0.717, 1.165) is 12.3 Å². The van der Waals surface area contributed by atoms with E-state index in [-0.39, 0.29) is 6.04 Å². The molecule has 0 radical (unpaired) electrons. The third kappa shape index (κ3) is 4.31. The molecule has 1 N–H and O–H groups in total. The van der Waals surface area contributed by atoms with Gasteiger partial charge in [0.25, 0.3) is 0 Å². The van der Waals surface area contributed by atoms with E-state index in [2.05, 4.69) is 42.6 Å². The molecule has 21 heavy (non-hydrogen) atoms. The summed E-state index contributed by atoms with van der Waals surface area (Å²) in [5, 5.41) is 3.54. The van der Waals surface area contributed by atoms with Crippen LogP contribution in [0.4, 0.5) is 0 Å². The molecule has 2 rings (SSSR count). The minimum Gasteiger partial charge on any atom is -0.496 e. The Morgan fingerprint density at radius 1 is 1.00 bits per heavy atom. The van der Waals surface area contributed by atoms with Crippen molar-refractivity contribution in [3.8, 4) is 5.75 Å². The Bertz CT molecular complexity index is 569. The van der Waals surface area contributed by atoms with Crippen LogP contribution in [0, 0.1) is 0 Å². The van der Waals surface area contributed by atoms with Crippen molar-refractivity contribution < 1.29 is 9.47 Å². The average molecular weight is 285 g/mol. The third-order valence-electron chi connectivity index (χ3n) is 3.52.